The minimum atomic E-state index is -0.865. The van der Waals surface area contributed by atoms with Crippen molar-refractivity contribution in [2.75, 3.05) is 14.2 Å². The fourth-order valence-corrected chi connectivity index (χ4v) is 3.27. The highest BCUT2D eigenvalue weighted by Crippen LogP contribution is 2.50. The van der Waals surface area contributed by atoms with Gasteiger partial charge in [0.25, 0.3) is 0 Å². The molecule has 19 heavy (non-hydrogen) atoms. The Morgan fingerprint density at radius 3 is 2.26 bits per heavy atom. The first-order valence-corrected chi connectivity index (χ1v) is 6.98. The number of hydrogen-bond acceptors (Lipinski definition) is 3. The minimum Gasteiger partial charge on any atom is -0.496 e. The molecule has 0 amide bonds. The van der Waals surface area contributed by atoms with Crippen molar-refractivity contribution in [2.45, 2.75) is 38.7 Å². The molecular formula is C16H24O3. The SMILES string of the molecule is COc1cccc(OC)c1C1(O)CCCC(C)C1C. The summed E-state index contributed by atoms with van der Waals surface area (Å²) < 4.78 is 10.9. The van der Waals surface area contributed by atoms with Crippen molar-refractivity contribution in [3.63, 3.8) is 0 Å². The summed E-state index contributed by atoms with van der Waals surface area (Å²) in [6.45, 7) is 4.33. The first kappa shape index (κ1) is 14.2. The quantitative estimate of drug-likeness (QED) is 0.910. The van der Waals surface area contributed by atoms with Crippen molar-refractivity contribution in [3.05, 3.63) is 23.8 Å². The van der Waals surface area contributed by atoms with Gasteiger partial charge in [-0.25, -0.2) is 0 Å². The molecule has 0 spiro atoms. The van der Waals surface area contributed by atoms with Gasteiger partial charge in [0, 0.05) is 0 Å². The lowest BCUT2D eigenvalue weighted by Gasteiger charge is -2.43. The van der Waals surface area contributed by atoms with Crippen molar-refractivity contribution in [1.82, 2.24) is 0 Å². The summed E-state index contributed by atoms with van der Waals surface area (Å²) >= 11 is 0. The maximum Gasteiger partial charge on any atom is 0.128 e. The molecular weight excluding hydrogens is 240 g/mol. The Kier molecular flexibility index (Phi) is 4.04. The predicted octanol–water partition coefficient (Wildman–Crippen LogP) is 3.35. The summed E-state index contributed by atoms with van der Waals surface area (Å²) in [5.74, 6) is 2.10. The van der Waals surface area contributed by atoms with Crippen molar-refractivity contribution < 1.29 is 14.6 Å². The van der Waals surface area contributed by atoms with Gasteiger partial charge in [0.1, 0.15) is 11.5 Å². The Morgan fingerprint density at radius 2 is 1.74 bits per heavy atom. The summed E-state index contributed by atoms with van der Waals surface area (Å²) in [6, 6.07) is 5.67. The molecule has 0 saturated heterocycles. The van der Waals surface area contributed by atoms with E-state index in [0.717, 1.165) is 18.4 Å². The van der Waals surface area contributed by atoms with E-state index >= 15 is 0 Å². The third-order valence-electron chi connectivity index (χ3n) is 4.68. The molecule has 1 aliphatic rings. The van der Waals surface area contributed by atoms with Crippen LogP contribution in [0.5, 0.6) is 11.5 Å². The van der Waals surface area contributed by atoms with E-state index in [1.165, 1.54) is 6.42 Å². The lowest BCUT2D eigenvalue weighted by Crippen LogP contribution is -2.41. The molecule has 3 heteroatoms. The van der Waals surface area contributed by atoms with E-state index in [2.05, 4.69) is 13.8 Å². The van der Waals surface area contributed by atoms with E-state index < -0.39 is 5.60 Å². The molecule has 1 fully saturated rings. The zero-order chi connectivity index (χ0) is 14.0. The van der Waals surface area contributed by atoms with Crippen LogP contribution in [0.3, 0.4) is 0 Å². The summed E-state index contributed by atoms with van der Waals surface area (Å²) in [6.07, 6.45) is 2.96. The van der Waals surface area contributed by atoms with Gasteiger partial charge >= 0.3 is 0 Å². The maximum atomic E-state index is 11.2. The van der Waals surface area contributed by atoms with Crippen LogP contribution in [0.2, 0.25) is 0 Å². The van der Waals surface area contributed by atoms with Gasteiger partial charge in [-0.05, 0) is 36.8 Å². The van der Waals surface area contributed by atoms with Crippen LogP contribution in [0, 0.1) is 11.8 Å². The van der Waals surface area contributed by atoms with E-state index in [1.807, 2.05) is 18.2 Å². The minimum absolute atomic E-state index is 0.187. The molecule has 0 aromatic heterocycles. The van der Waals surface area contributed by atoms with Crippen LogP contribution in [-0.4, -0.2) is 19.3 Å². The van der Waals surface area contributed by atoms with Crippen LogP contribution < -0.4 is 9.47 Å². The Balaban J connectivity index is 2.55. The Bertz CT molecular complexity index is 421. The molecule has 1 N–H and O–H groups in total. The van der Waals surface area contributed by atoms with Gasteiger partial charge in [-0.1, -0.05) is 26.3 Å². The Morgan fingerprint density at radius 1 is 1.16 bits per heavy atom. The largest absolute Gasteiger partial charge is 0.496 e. The van der Waals surface area contributed by atoms with Crippen LogP contribution in [0.4, 0.5) is 0 Å². The second kappa shape index (κ2) is 5.41. The molecule has 3 unspecified atom stereocenters. The molecule has 106 valence electrons. The zero-order valence-corrected chi connectivity index (χ0v) is 12.3. The van der Waals surface area contributed by atoms with Crippen LogP contribution in [0.15, 0.2) is 18.2 Å². The molecule has 0 bridgehead atoms. The Hall–Kier alpha value is -1.22. The van der Waals surface area contributed by atoms with E-state index in [9.17, 15) is 5.11 Å². The molecule has 2 rings (SSSR count). The number of hydrogen-bond donors (Lipinski definition) is 1. The standard InChI is InChI=1S/C16H24O3/c1-11-7-6-10-16(17,12(11)2)15-13(18-3)8-5-9-14(15)19-4/h5,8-9,11-12,17H,6-7,10H2,1-4H3. The highest BCUT2D eigenvalue weighted by Gasteiger charge is 2.44. The number of methoxy groups -OCH3 is 2. The molecule has 1 saturated carbocycles. The zero-order valence-electron chi connectivity index (χ0n) is 12.3. The highest BCUT2D eigenvalue weighted by molar-refractivity contribution is 5.49. The molecule has 3 nitrogen and oxygen atoms in total. The fraction of sp³-hybridized carbons (Fsp3) is 0.625. The lowest BCUT2D eigenvalue weighted by atomic mass is 9.67. The van der Waals surface area contributed by atoms with E-state index in [1.54, 1.807) is 14.2 Å². The smallest absolute Gasteiger partial charge is 0.128 e. The third kappa shape index (κ3) is 2.32. The maximum absolute atomic E-state index is 11.2. The van der Waals surface area contributed by atoms with Gasteiger partial charge in [-0.3, -0.25) is 0 Å². The van der Waals surface area contributed by atoms with Crippen LogP contribution in [-0.2, 0) is 5.60 Å². The third-order valence-corrected chi connectivity index (χ3v) is 4.68. The van der Waals surface area contributed by atoms with Gasteiger partial charge in [0.05, 0.1) is 25.4 Å². The van der Waals surface area contributed by atoms with Crippen molar-refractivity contribution >= 4 is 0 Å². The first-order valence-electron chi connectivity index (χ1n) is 6.98. The van der Waals surface area contributed by atoms with Crippen molar-refractivity contribution in [3.8, 4) is 11.5 Å². The summed E-state index contributed by atoms with van der Waals surface area (Å²) in [5, 5.41) is 11.2. The number of aliphatic hydroxyl groups is 1. The first-order chi connectivity index (χ1) is 9.04. The van der Waals surface area contributed by atoms with E-state index in [-0.39, 0.29) is 5.92 Å². The van der Waals surface area contributed by atoms with E-state index in [0.29, 0.717) is 17.4 Å². The summed E-state index contributed by atoms with van der Waals surface area (Å²) in [4.78, 5) is 0. The van der Waals surface area contributed by atoms with Crippen molar-refractivity contribution in [1.29, 1.82) is 0 Å². The average molecular weight is 264 g/mol. The molecule has 0 heterocycles. The van der Waals surface area contributed by atoms with Crippen LogP contribution in [0.25, 0.3) is 0 Å². The molecule has 1 aliphatic carbocycles. The number of benzene rings is 1. The summed E-state index contributed by atoms with van der Waals surface area (Å²) in [7, 11) is 3.27. The lowest BCUT2D eigenvalue weighted by molar-refractivity contribution is -0.0715. The monoisotopic (exact) mass is 264 g/mol. The molecule has 1 aromatic carbocycles. The van der Waals surface area contributed by atoms with Crippen LogP contribution in [0.1, 0.15) is 38.7 Å². The van der Waals surface area contributed by atoms with Gasteiger partial charge in [-0.2, -0.15) is 0 Å². The summed E-state index contributed by atoms with van der Waals surface area (Å²) in [5.41, 5.74) is -0.0608. The molecule has 0 aliphatic heterocycles. The number of rotatable bonds is 3. The second-order valence-electron chi connectivity index (χ2n) is 5.62. The second-order valence-corrected chi connectivity index (χ2v) is 5.62. The predicted molar refractivity (Wildman–Crippen MR) is 75.6 cm³/mol. The average Bonchev–Trinajstić information content (AvgIpc) is 2.43. The van der Waals surface area contributed by atoms with E-state index in [4.69, 9.17) is 9.47 Å². The molecule has 1 aromatic rings. The highest BCUT2D eigenvalue weighted by atomic mass is 16.5. The molecule has 3 atom stereocenters. The van der Waals surface area contributed by atoms with Gasteiger partial charge < -0.3 is 14.6 Å². The molecule has 0 radical (unpaired) electrons. The van der Waals surface area contributed by atoms with Gasteiger partial charge in [0.15, 0.2) is 0 Å². The van der Waals surface area contributed by atoms with Crippen LogP contribution >= 0.6 is 0 Å². The normalized spacial score (nSPS) is 31.0. The number of ether oxygens (including phenoxy) is 2. The van der Waals surface area contributed by atoms with Crippen molar-refractivity contribution in [2.24, 2.45) is 11.8 Å². The topological polar surface area (TPSA) is 38.7 Å². The van der Waals surface area contributed by atoms with Gasteiger partial charge in [-0.15, -0.1) is 0 Å². The van der Waals surface area contributed by atoms with Gasteiger partial charge in [0.2, 0.25) is 0 Å². The Labute approximate surface area is 115 Å². The fourth-order valence-electron chi connectivity index (χ4n) is 3.27.